The van der Waals surface area contributed by atoms with Gasteiger partial charge in [0.25, 0.3) is 0 Å². The van der Waals surface area contributed by atoms with E-state index in [0.717, 1.165) is 17.7 Å². The Balaban J connectivity index is 0.000000676. The number of hydrogen-bond donors (Lipinski definition) is 5. The van der Waals surface area contributed by atoms with Gasteiger partial charge in [-0.3, -0.25) is 0 Å². The minimum Gasteiger partial charge on any atom is -0.444 e. The Morgan fingerprint density at radius 2 is 1.26 bits per heavy atom. The molecule has 2 aromatic rings. The second-order valence-electron chi connectivity index (χ2n) is 8.24. The SMILES string of the molecule is CN(Cc1ccc(NC(N)=O)cc1)C(=O)OC(C)(C)C.CNCc1ccc(NC(N)=O)cc1.Cl. The minimum absolute atomic E-state index is 0. The smallest absolute Gasteiger partial charge is 0.410 e. The largest absolute Gasteiger partial charge is 0.444 e. The second kappa shape index (κ2) is 14.6. The van der Waals surface area contributed by atoms with Crippen LogP contribution in [0.2, 0.25) is 0 Å². The lowest BCUT2D eigenvalue weighted by Gasteiger charge is -2.24. The lowest BCUT2D eigenvalue weighted by atomic mass is 10.2. The van der Waals surface area contributed by atoms with Gasteiger partial charge in [0.2, 0.25) is 0 Å². The maximum Gasteiger partial charge on any atom is 0.410 e. The van der Waals surface area contributed by atoms with Gasteiger partial charge in [-0.25, -0.2) is 14.4 Å². The number of urea groups is 2. The maximum atomic E-state index is 11.8. The molecule has 10 nitrogen and oxygen atoms in total. The van der Waals surface area contributed by atoms with Crippen LogP contribution in [0.5, 0.6) is 0 Å². The van der Waals surface area contributed by atoms with Gasteiger partial charge in [-0.15, -0.1) is 12.4 Å². The first kappa shape index (κ1) is 30.5. The highest BCUT2D eigenvalue weighted by Gasteiger charge is 2.19. The minimum atomic E-state index is -0.608. The summed E-state index contributed by atoms with van der Waals surface area (Å²) < 4.78 is 5.26. The van der Waals surface area contributed by atoms with E-state index < -0.39 is 17.7 Å². The van der Waals surface area contributed by atoms with E-state index >= 15 is 0 Å². The average Bonchev–Trinajstić information content (AvgIpc) is 2.69. The molecular weight excluding hydrogens is 460 g/mol. The van der Waals surface area contributed by atoms with E-state index in [4.69, 9.17) is 16.2 Å². The van der Waals surface area contributed by atoms with Crippen LogP contribution in [0.3, 0.4) is 0 Å². The quantitative estimate of drug-likeness (QED) is 0.412. The number of anilines is 2. The Bertz CT molecular complexity index is 915. The molecule has 0 atom stereocenters. The number of halogens is 1. The van der Waals surface area contributed by atoms with Crippen LogP contribution in [0.15, 0.2) is 48.5 Å². The third-order valence-electron chi connectivity index (χ3n) is 3.95. The van der Waals surface area contributed by atoms with Crippen molar-refractivity contribution in [3.63, 3.8) is 0 Å². The van der Waals surface area contributed by atoms with Gasteiger partial charge in [-0.05, 0) is 63.2 Å². The molecule has 0 bridgehead atoms. The summed E-state index contributed by atoms with van der Waals surface area (Å²) in [6, 6.07) is 13.4. The zero-order valence-corrected chi connectivity index (χ0v) is 21.0. The first-order chi connectivity index (χ1) is 15.4. The molecule has 0 unspecified atom stereocenters. The number of carbonyl (C=O) groups excluding carboxylic acids is 3. The topological polar surface area (TPSA) is 152 Å². The monoisotopic (exact) mass is 494 g/mol. The van der Waals surface area contributed by atoms with Crippen molar-refractivity contribution in [3.8, 4) is 0 Å². The standard InChI is InChI=1S/C14H21N3O3.C9H13N3O.ClH/c1-14(2,3)20-13(19)17(4)9-10-5-7-11(8-6-10)16-12(15)18;1-11-6-7-2-4-8(5-3-7)12-9(10)13;/h5-8H,9H2,1-4H3,(H3,15,16,18);2-5,11H,6H2,1H3,(H3,10,12,13);1H. The summed E-state index contributed by atoms with van der Waals surface area (Å²) in [5.41, 5.74) is 12.9. The van der Waals surface area contributed by atoms with E-state index in [1.54, 1.807) is 19.2 Å². The van der Waals surface area contributed by atoms with E-state index in [1.807, 2.05) is 64.2 Å². The summed E-state index contributed by atoms with van der Waals surface area (Å²) >= 11 is 0. The normalized spacial score (nSPS) is 10.0. The van der Waals surface area contributed by atoms with E-state index in [0.29, 0.717) is 17.9 Å². The van der Waals surface area contributed by atoms with Crippen molar-refractivity contribution in [1.82, 2.24) is 10.2 Å². The number of primary amides is 2. The predicted molar refractivity (Wildman–Crippen MR) is 137 cm³/mol. The predicted octanol–water partition coefficient (Wildman–Crippen LogP) is 3.86. The van der Waals surface area contributed by atoms with Crippen LogP contribution in [0.1, 0.15) is 31.9 Å². The Kier molecular flexibility index (Phi) is 13.1. The van der Waals surface area contributed by atoms with Gasteiger partial charge >= 0.3 is 18.2 Å². The van der Waals surface area contributed by atoms with Crippen molar-refractivity contribution in [1.29, 1.82) is 0 Å². The number of nitrogens with zero attached hydrogens (tertiary/aromatic N) is 1. The molecule has 0 spiro atoms. The molecule has 0 aliphatic heterocycles. The van der Waals surface area contributed by atoms with Crippen molar-refractivity contribution in [2.24, 2.45) is 11.5 Å². The third-order valence-corrected chi connectivity index (χ3v) is 3.95. The van der Waals surface area contributed by atoms with Gasteiger partial charge in [0.05, 0.1) is 0 Å². The molecule has 0 heterocycles. The van der Waals surface area contributed by atoms with Crippen LogP contribution in [0.25, 0.3) is 0 Å². The summed E-state index contributed by atoms with van der Waals surface area (Å²) in [4.78, 5) is 34.5. The molecule has 5 amide bonds. The molecule has 0 aromatic heterocycles. The summed E-state index contributed by atoms with van der Waals surface area (Å²) in [5.74, 6) is 0. The van der Waals surface area contributed by atoms with Crippen LogP contribution in [-0.2, 0) is 17.8 Å². The molecular formula is C23H35ClN6O4. The molecule has 2 rings (SSSR count). The van der Waals surface area contributed by atoms with Gasteiger partial charge in [-0.1, -0.05) is 24.3 Å². The summed E-state index contributed by atoms with van der Waals surface area (Å²) in [5, 5.41) is 8.00. The first-order valence-corrected chi connectivity index (χ1v) is 10.3. The zero-order valence-electron chi connectivity index (χ0n) is 20.2. The highest BCUT2D eigenvalue weighted by Crippen LogP contribution is 2.14. The average molecular weight is 495 g/mol. The summed E-state index contributed by atoms with van der Waals surface area (Å²) in [7, 11) is 3.55. The number of rotatable bonds is 6. The molecule has 34 heavy (non-hydrogen) atoms. The molecule has 2 aromatic carbocycles. The van der Waals surface area contributed by atoms with Crippen molar-refractivity contribution < 1.29 is 19.1 Å². The maximum absolute atomic E-state index is 11.8. The number of amides is 5. The fraction of sp³-hybridized carbons (Fsp3) is 0.348. The number of nitrogens with one attached hydrogen (secondary N) is 3. The Morgan fingerprint density at radius 3 is 1.62 bits per heavy atom. The first-order valence-electron chi connectivity index (χ1n) is 10.3. The Hall–Kier alpha value is -3.50. The Morgan fingerprint density at radius 1 is 0.853 bits per heavy atom. The van der Waals surface area contributed by atoms with Crippen LogP contribution in [0, 0.1) is 0 Å². The van der Waals surface area contributed by atoms with Gasteiger partial charge in [0.15, 0.2) is 0 Å². The molecule has 0 aliphatic carbocycles. The van der Waals surface area contributed by atoms with Crippen molar-refractivity contribution in [2.75, 3.05) is 24.7 Å². The molecule has 0 radical (unpaired) electrons. The molecule has 0 aliphatic rings. The lowest BCUT2D eigenvalue weighted by Crippen LogP contribution is -2.33. The number of carbonyl (C=O) groups is 3. The Labute approximate surface area is 206 Å². The lowest BCUT2D eigenvalue weighted by molar-refractivity contribution is 0.0285. The van der Waals surface area contributed by atoms with Gasteiger partial charge in [0, 0.05) is 31.5 Å². The number of nitrogens with two attached hydrogens (primary N) is 2. The van der Waals surface area contributed by atoms with Crippen LogP contribution in [-0.4, -0.2) is 42.8 Å². The zero-order chi connectivity index (χ0) is 25.0. The number of benzene rings is 2. The highest BCUT2D eigenvalue weighted by molar-refractivity contribution is 5.88. The van der Waals surface area contributed by atoms with Gasteiger partial charge < -0.3 is 37.1 Å². The third kappa shape index (κ3) is 13.1. The molecule has 0 saturated heterocycles. The summed E-state index contributed by atoms with van der Waals surface area (Å²) in [6.07, 6.45) is -0.378. The summed E-state index contributed by atoms with van der Waals surface area (Å²) in [6.45, 7) is 6.71. The molecule has 11 heteroatoms. The number of hydrogen-bond acceptors (Lipinski definition) is 5. The van der Waals surface area contributed by atoms with Crippen molar-refractivity contribution in [3.05, 3.63) is 59.7 Å². The van der Waals surface area contributed by atoms with E-state index in [-0.39, 0.29) is 18.5 Å². The highest BCUT2D eigenvalue weighted by atomic mass is 35.5. The van der Waals surface area contributed by atoms with Crippen LogP contribution in [0.4, 0.5) is 25.8 Å². The second-order valence-corrected chi connectivity index (χ2v) is 8.24. The van der Waals surface area contributed by atoms with E-state index in [1.165, 1.54) is 4.90 Å². The molecule has 0 fully saturated rings. The van der Waals surface area contributed by atoms with Gasteiger partial charge in [0.1, 0.15) is 5.60 Å². The van der Waals surface area contributed by atoms with Gasteiger partial charge in [-0.2, -0.15) is 0 Å². The van der Waals surface area contributed by atoms with Crippen LogP contribution >= 0.6 is 12.4 Å². The molecule has 188 valence electrons. The molecule has 0 saturated carbocycles. The molecule has 7 N–H and O–H groups in total. The number of ether oxygens (including phenoxy) is 1. The van der Waals surface area contributed by atoms with Crippen molar-refractivity contribution in [2.45, 2.75) is 39.5 Å². The fourth-order valence-electron chi connectivity index (χ4n) is 2.57. The van der Waals surface area contributed by atoms with E-state index in [9.17, 15) is 14.4 Å². The fourth-order valence-corrected chi connectivity index (χ4v) is 2.57. The van der Waals surface area contributed by atoms with Crippen molar-refractivity contribution >= 4 is 41.9 Å². The van der Waals surface area contributed by atoms with Crippen LogP contribution < -0.4 is 27.4 Å². The van der Waals surface area contributed by atoms with E-state index in [2.05, 4.69) is 16.0 Å².